The Labute approximate surface area is 166 Å². The van der Waals surface area contributed by atoms with Gasteiger partial charge in [0.05, 0.1) is 17.3 Å². The van der Waals surface area contributed by atoms with Crippen LogP contribution in [0.4, 0.5) is 11.4 Å². The highest BCUT2D eigenvalue weighted by atomic mass is 16.4. The van der Waals surface area contributed by atoms with Gasteiger partial charge in [-0.2, -0.15) is 10.2 Å². The molecule has 1 aliphatic rings. The van der Waals surface area contributed by atoms with Crippen LogP contribution in [-0.4, -0.2) is 35.6 Å². The van der Waals surface area contributed by atoms with Crippen LogP contribution in [0.3, 0.4) is 0 Å². The Morgan fingerprint density at radius 1 is 1.11 bits per heavy atom. The highest BCUT2D eigenvalue weighted by Gasteiger charge is 2.24. The first kappa shape index (κ1) is 19.8. The van der Waals surface area contributed by atoms with Crippen molar-refractivity contribution in [3.05, 3.63) is 60.2 Å². The molecule has 0 aromatic heterocycles. The number of likely N-dealkylation sites (tertiary alicyclic amines) is 1. The van der Waals surface area contributed by atoms with Gasteiger partial charge in [0.15, 0.2) is 0 Å². The van der Waals surface area contributed by atoms with Crippen LogP contribution in [0.5, 0.6) is 0 Å². The molecule has 28 heavy (non-hydrogen) atoms. The lowest BCUT2D eigenvalue weighted by molar-refractivity contribution is -0.143. The van der Waals surface area contributed by atoms with Crippen LogP contribution in [0, 0.1) is 17.8 Å². The number of hydrogen-bond acceptors (Lipinski definition) is 4. The van der Waals surface area contributed by atoms with E-state index in [2.05, 4.69) is 27.0 Å². The lowest BCUT2D eigenvalue weighted by Crippen LogP contribution is -2.39. The van der Waals surface area contributed by atoms with Crippen LogP contribution >= 0.6 is 0 Å². The third kappa shape index (κ3) is 6.33. The van der Waals surface area contributed by atoms with Gasteiger partial charge in [0.25, 0.3) is 0 Å². The summed E-state index contributed by atoms with van der Waals surface area (Å²) >= 11 is 0. The van der Waals surface area contributed by atoms with Gasteiger partial charge >= 0.3 is 5.97 Å². The van der Waals surface area contributed by atoms with Gasteiger partial charge < -0.3 is 10.0 Å². The normalized spacial score (nSPS) is 17.2. The molecule has 1 fully saturated rings. The van der Waals surface area contributed by atoms with Crippen molar-refractivity contribution >= 4 is 17.3 Å². The summed E-state index contributed by atoms with van der Waals surface area (Å²) in [6, 6.07) is 17.4. The van der Waals surface area contributed by atoms with Crippen LogP contribution in [0.2, 0.25) is 0 Å². The second kappa shape index (κ2) is 10.4. The maximum atomic E-state index is 11.1. The van der Waals surface area contributed by atoms with Gasteiger partial charge in [-0.1, -0.05) is 36.1 Å². The van der Waals surface area contributed by atoms with E-state index in [-0.39, 0.29) is 5.92 Å². The van der Waals surface area contributed by atoms with Gasteiger partial charge in [0.2, 0.25) is 0 Å². The first-order chi connectivity index (χ1) is 13.7. The molecule has 1 saturated heterocycles. The summed E-state index contributed by atoms with van der Waals surface area (Å²) in [5.74, 6) is 5.51. The highest BCUT2D eigenvalue weighted by molar-refractivity contribution is 5.70. The van der Waals surface area contributed by atoms with E-state index in [1.165, 1.54) is 0 Å². The molecule has 5 nitrogen and oxygen atoms in total. The molecule has 1 atom stereocenters. The van der Waals surface area contributed by atoms with Crippen molar-refractivity contribution in [3.8, 4) is 11.8 Å². The number of benzene rings is 2. The van der Waals surface area contributed by atoms with Crippen molar-refractivity contribution in [2.45, 2.75) is 25.7 Å². The molecule has 0 amide bonds. The minimum absolute atomic E-state index is 0.215. The molecule has 2 aromatic rings. The largest absolute Gasteiger partial charge is 0.481 e. The Kier molecular flexibility index (Phi) is 7.34. The fraction of sp³-hybridized carbons (Fsp3) is 0.348. The maximum Gasteiger partial charge on any atom is 0.307 e. The fourth-order valence-corrected chi connectivity index (χ4v) is 3.27. The Hall–Kier alpha value is -2.97. The molecule has 2 aromatic carbocycles. The average molecular weight is 375 g/mol. The van der Waals surface area contributed by atoms with Crippen LogP contribution < -0.4 is 0 Å². The lowest BCUT2D eigenvalue weighted by Gasteiger charge is -2.30. The number of hydrogen-bond donors (Lipinski definition) is 1. The molecule has 0 bridgehead atoms. The Morgan fingerprint density at radius 3 is 2.71 bits per heavy atom. The van der Waals surface area contributed by atoms with Gasteiger partial charge in [-0.25, -0.2) is 0 Å². The van der Waals surface area contributed by atoms with E-state index >= 15 is 0 Å². The molecule has 144 valence electrons. The number of unbranched alkanes of at least 4 members (excludes halogenated alkanes) is 1. The summed E-state index contributed by atoms with van der Waals surface area (Å²) in [4.78, 5) is 13.4. The summed E-state index contributed by atoms with van der Waals surface area (Å²) in [5, 5.41) is 17.6. The van der Waals surface area contributed by atoms with Crippen LogP contribution in [0.25, 0.3) is 0 Å². The van der Waals surface area contributed by atoms with Gasteiger partial charge in [0.1, 0.15) is 0 Å². The number of carboxylic acid groups (broad SMARTS) is 1. The highest BCUT2D eigenvalue weighted by Crippen LogP contribution is 2.19. The topological polar surface area (TPSA) is 65.3 Å². The van der Waals surface area contributed by atoms with Gasteiger partial charge in [0, 0.05) is 18.5 Å². The van der Waals surface area contributed by atoms with Crippen molar-refractivity contribution in [1.82, 2.24) is 4.90 Å². The van der Waals surface area contributed by atoms with E-state index in [1.54, 1.807) is 0 Å². The number of aliphatic carboxylic acids is 1. The molecular weight excluding hydrogens is 350 g/mol. The molecule has 1 unspecified atom stereocenters. The fourth-order valence-electron chi connectivity index (χ4n) is 3.27. The molecule has 1 heterocycles. The average Bonchev–Trinajstić information content (AvgIpc) is 2.73. The third-order valence-electron chi connectivity index (χ3n) is 4.75. The Balaban J connectivity index is 1.47. The SMILES string of the molecule is O=C(O)C1CCCN(CCCC#Cc2cccc(N=Nc3ccccc3)c2)C1. The zero-order chi connectivity index (χ0) is 19.6. The number of nitrogens with zero attached hydrogens (tertiary/aromatic N) is 3. The van der Waals surface area contributed by atoms with Crippen LogP contribution in [0.1, 0.15) is 31.2 Å². The molecule has 1 aliphatic heterocycles. The molecule has 0 aliphatic carbocycles. The van der Waals surface area contributed by atoms with Gasteiger partial charge in [-0.15, -0.1) is 0 Å². The monoisotopic (exact) mass is 375 g/mol. The molecule has 0 spiro atoms. The first-order valence-corrected chi connectivity index (χ1v) is 9.71. The van der Waals surface area contributed by atoms with Crippen molar-refractivity contribution in [3.63, 3.8) is 0 Å². The van der Waals surface area contributed by atoms with Crippen LogP contribution in [0.15, 0.2) is 64.8 Å². The van der Waals surface area contributed by atoms with E-state index in [9.17, 15) is 4.79 Å². The number of azo groups is 1. The van der Waals surface area contributed by atoms with Gasteiger partial charge in [-0.3, -0.25) is 4.79 Å². The molecular formula is C23H25N3O2. The second-order valence-electron chi connectivity index (χ2n) is 6.97. The van der Waals surface area contributed by atoms with Crippen molar-refractivity contribution < 1.29 is 9.90 Å². The van der Waals surface area contributed by atoms with E-state index in [1.807, 2.05) is 54.6 Å². The van der Waals surface area contributed by atoms with Crippen molar-refractivity contribution in [1.29, 1.82) is 0 Å². The zero-order valence-corrected chi connectivity index (χ0v) is 15.9. The summed E-state index contributed by atoms with van der Waals surface area (Å²) < 4.78 is 0. The van der Waals surface area contributed by atoms with E-state index in [4.69, 9.17) is 5.11 Å². The standard InChI is InChI=1S/C23H25N3O2/c27-23(28)20-11-8-16-26(18-20)15-6-2-3-9-19-10-7-14-22(17-19)25-24-21-12-4-1-5-13-21/h1,4-5,7,10,12-14,17,20H,2,6,8,11,15-16,18H2,(H,27,28). The first-order valence-electron chi connectivity index (χ1n) is 9.71. The zero-order valence-electron chi connectivity index (χ0n) is 15.9. The quantitative estimate of drug-likeness (QED) is 0.437. The Bertz CT molecular complexity index is 868. The van der Waals surface area contributed by atoms with E-state index in [0.717, 1.165) is 55.7 Å². The molecule has 0 saturated carbocycles. The summed E-state index contributed by atoms with van der Waals surface area (Å²) in [6.07, 6.45) is 3.51. The van der Waals surface area contributed by atoms with E-state index < -0.39 is 5.97 Å². The summed E-state index contributed by atoms with van der Waals surface area (Å²) in [7, 11) is 0. The van der Waals surface area contributed by atoms with Crippen LogP contribution in [-0.2, 0) is 4.79 Å². The Morgan fingerprint density at radius 2 is 1.89 bits per heavy atom. The minimum Gasteiger partial charge on any atom is -0.481 e. The predicted molar refractivity (Wildman–Crippen MR) is 110 cm³/mol. The van der Waals surface area contributed by atoms with Crippen molar-refractivity contribution in [2.75, 3.05) is 19.6 Å². The smallest absolute Gasteiger partial charge is 0.307 e. The molecule has 3 rings (SSSR count). The number of rotatable bonds is 6. The molecule has 0 radical (unpaired) electrons. The molecule has 1 N–H and O–H groups in total. The minimum atomic E-state index is -0.672. The summed E-state index contributed by atoms with van der Waals surface area (Å²) in [6.45, 7) is 2.56. The van der Waals surface area contributed by atoms with Crippen molar-refractivity contribution in [2.24, 2.45) is 16.1 Å². The number of piperidine rings is 1. The maximum absolute atomic E-state index is 11.1. The molecule has 5 heteroatoms. The second-order valence-corrected chi connectivity index (χ2v) is 6.97. The van der Waals surface area contributed by atoms with E-state index in [0.29, 0.717) is 6.54 Å². The number of carboxylic acids is 1. The number of carbonyl (C=O) groups is 1. The van der Waals surface area contributed by atoms with Gasteiger partial charge in [-0.05, 0) is 62.7 Å². The summed E-state index contributed by atoms with van der Waals surface area (Å²) in [5.41, 5.74) is 2.53. The lowest BCUT2D eigenvalue weighted by atomic mass is 9.98. The predicted octanol–water partition coefficient (Wildman–Crippen LogP) is 5.03. The third-order valence-corrected chi connectivity index (χ3v) is 4.75.